The number of benzene rings is 1. The van der Waals surface area contributed by atoms with Crippen LogP contribution in [0.15, 0.2) is 45.3 Å². The van der Waals surface area contributed by atoms with E-state index in [1.54, 1.807) is 11.6 Å². The Morgan fingerprint density at radius 2 is 2.14 bits per heavy atom. The van der Waals surface area contributed by atoms with Crippen molar-refractivity contribution in [2.75, 3.05) is 5.73 Å². The van der Waals surface area contributed by atoms with E-state index in [4.69, 9.17) is 5.73 Å². The van der Waals surface area contributed by atoms with Crippen LogP contribution < -0.4 is 10.5 Å². The van der Waals surface area contributed by atoms with Crippen LogP contribution in [0.3, 0.4) is 0 Å². The minimum absolute atomic E-state index is 0.00137. The molecule has 6 nitrogen and oxygen atoms in total. The minimum atomic E-state index is -3.75. The van der Waals surface area contributed by atoms with Gasteiger partial charge in [0, 0.05) is 22.6 Å². The van der Waals surface area contributed by atoms with Gasteiger partial charge in [-0.25, -0.2) is 18.1 Å². The molecule has 0 saturated heterocycles. The van der Waals surface area contributed by atoms with Gasteiger partial charge in [0.1, 0.15) is 0 Å². The van der Waals surface area contributed by atoms with E-state index < -0.39 is 10.0 Å². The summed E-state index contributed by atoms with van der Waals surface area (Å²) < 4.78 is 29.8. The van der Waals surface area contributed by atoms with Crippen molar-refractivity contribution in [1.82, 2.24) is 14.1 Å². The summed E-state index contributed by atoms with van der Waals surface area (Å²) in [6.07, 6.45) is 1.64. The molecular formula is C12H11BrN4O2S2. The fourth-order valence-electron chi connectivity index (χ4n) is 1.93. The van der Waals surface area contributed by atoms with Crippen LogP contribution in [-0.2, 0) is 16.6 Å². The number of hydrogen-bond donors (Lipinski definition) is 2. The van der Waals surface area contributed by atoms with Crippen LogP contribution in [0, 0.1) is 0 Å². The monoisotopic (exact) mass is 386 g/mol. The maximum absolute atomic E-state index is 12.4. The Hall–Kier alpha value is -1.42. The third-order valence-corrected chi connectivity index (χ3v) is 5.88. The summed E-state index contributed by atoms with van der Waals surface area (Å²) in [7, 11) is -3.75. The van der Waals surface area contributed by atoms with Gasteiger partial charge in [-0.1, -0.05) is 34.1 Å². The number of nitrogens with zero attached hydrogens (tertiary/aromatic N) is 2. The summed E-state index contributed by atoms with van der Waals surface area (Å²) in [6.45, 7) is 0.167. The molecule has 3 N–H and O–H groups in total. The fourth-order valence-corrected chi connectivity index (χ4v) is 4.35. The number of halogens is 1. The first-order valence-electron chi connectivity index (χ1n) is 5.93. The van der Waals surface area contributed by atoms with Crippen LogP contribution in [0.25, 0.3) is 4.96 Å². The average molecular weight is 387 g/mol. The smallest absolute Gasteiger partial charge is 0.260 e. The molecule has 9 heteroatoms. The molecule has 0 fully saturated rings. The Balaban J connectivity index is 1.93. The van der Waals surface area contributed by atoms with Crippen LogP contribution in [0.5, 0.6) is 0 Å². The quantitative estimate of drug-likeness (QED) is 0.719. The Kier molecular flexibility index (Phi) is 3.74. The molecule has 2 aromatic heterocycles. The standard InChI is InChI=1S/C12H11BrN4O2S2/c13-9-4-2-1-3-8(9)7-15-21(18,19)11-10(14)16-12-17(11)5-6-20-12/h1-6,15H,7,14H2. The summed E-state index contributed by atoms with van der Waals surface area (Å²) in [5.74, 6) is 0.00137. The highest BCUT2D eigenvalue weighted by molar-refractivity contribution is 9.10. The van der Waals surface area contributed by atoms with Gasteiger partial charge in [0.05, 0.1) is 0 Å². The lowest BCUT2D eigenvalue weighted by Crippen LogP contribution is -2.25. The molecule has 2 heterocycles. The van der Waals surface area contributed by atoms with Gasteiger partial charge in [-0.05, 0) is 11.6 Å². The van der Waals surface area contributed by atoms with Gasteiger partial charge in [0.15, 0.2) is 15.8 Å². The van der Waals surface area contributed by atoms with E-state index in [1.807, 2.05) is 24.3 Å². The van der Waals surface area contributed by atoms with Gasteiger partial charge < -0.3 is 5.73 Å². The first kappa shape index (κ1) is 14.5. The predicted octanol–water partition coefficient (Wildman–Crippen LogP) is 2.22. The number of fused-ring (bicyclic) bond motifs is 1. The second-order valence-corrected chi connectivity index (χ2v) is 7.68. The number of thiazole rings is 1. The van der Waals surface area contributed by atoms with E-state index in [1.165, 1.54) is 15.7 Å². The number of imidazole rings is 1. The molecule has 0 amide bonds. The lowest BCUT2D eigenvalue weighted by Gasteiger charge is -2.08. The topological polar surface area (TPSA) is 89.5 Å². The maximum Gasteiger partial charge on any atom is 0.260 e. The molecule has 0 aliphatic carbocycles. The Morgan fingerprint density at radius 3 is 2.90 bits per heavy atom. The Morgan fingerprint density at radius 1 is 1.38 bits per heavy atom. The van der Waals surface area contributed by atoms with Crippen molar-refractivity contribution < 1.29 is 8.42 Å². The largest absolute Gasteiger partial charge is 0.381 e. The van der Waals surface area contributed by atoms with Crippen molar-refractivity contribution in [3.63, 3.8) is 0 Å². The summed E-state index contributed by atoms with van der Waals surface area (Å²) in [6, 6.07) is 7.41. The van der Waals surface area contributed by atoms with Crippen LogP contribution in [0.4, 0.5) is 5.82 Å². The van der Waals surface area contributed by atoms with E-state index in [-0.39, 0.29) is 17.4 Å². The first-order chi connectivity index (χ1) is 9.99. The number of hydrogen-bond acceptors (Lipinski definition) is 5. The third-order valence-electron chi connectivity index (χ3n) is 2.91. The fraction of sp³-hybridized carbons (Fsp3) is 0.0833. The van der Waals surface area contributed by atoms with Crippen LogP contribution in [0.1, 0.15) is 5.56 Å². The molecule has 110 valence electrons. The molecule has 0 bridgehead atoms. The highest BCUT2D eigenvalue weighted by atomic mass is 79.9. The van der Waals surface area contributed by atoms with Crippen LogP contribution in [-0.4, -0.2) is 17.8 Å². The lowest BCUT2D eigenvalue weighted by molar-refractivity contribution is 0.577. The zero-order chi connectivity index (χ0) is 15.0. The molecule has 0 unspecified atom stereocenters. The normalized spacial score (nSPS) is 12.0. The maximum atomic E-state index is 12.4. The van der Waals surface area contributed by atoms with Crippen molar-refractivity contribution in [2.45, 2.75) is 11.6 Å². The van der Waals surface area contributed by atoms with Gasteiger partial charge in [-0.2, -0.15) is 0 Å². The van der Waals surface area contributed by atoms with E-state index in [0.717, 1.165) is 10.0 Å². The lowest BCUT2D eigenvalue weighted by atomic mass is 10.2. The third kappa shape index (κ3) is 2.69. The van der Waals surface area contributed by atoms with Crippen molar-refractivity contribution in [1.29, 1.82) is 0 Å². The molecule has 0 radical (unpaired) electrons. The number of anilines is 1. The summed E-state index contributed by atoms with van der Waals surface area (Å²) in [5, 5.41) is 1.74. The minimum Gasteiger partial charge on any atom is -0.381 e. The zero-order valence-corrected chi connectivity index (χ0v) is 13.9. The van der Waals surface area contributed by atoms with E-state index in [2.05, 4.69) is 25.6 Å². The molecule has 0 saturated carbocycles. The number of nitrogens with one attached hydrogen (secondary N) is 1. The first-order valence-corrected chi connectivity index (χ1v) is 9.09. The van der Waals surface area contributed by atoms with Crippen molar-refractivity contribution >= 4 is 48.1 Å². The van der Waals surface area contributed by atoms with Crippen molar-refractivity contribution in [3.05, 3.63) is 45.9 Å². The highest BCUT2D eigenvalue weighted by Gasteiger charge is 2.24. The highest BCUT2D eigenvalue weighted by Crippen LogP contribution is 2.24. The van der Waals surface area contributed by atoms with Gasteiger partial charge in [0.25, 0.3) is 10.0 Å². The molecule has 3 rings (SSSR count). The number of rotatable bonds is 4. The van der Waals surface area contributed by atoms with Crippen molar-refractivity contribution in [3.8, 4) is 0 Å². The van der Waals surface area contributed by atoms with Gasteiger partial charge >= 0.3 is 0 Å². The molecule has 0 spiro atoms. The van der Waals surface area contributed by atoms with E-state index in [0.29, 0.717) is 4.96 Å². The molecular weight excluding hydrogens is 376 g/mol. The van der Waals surface area contributed by atoms with E-state index >= 15 is 0 Å². The van der Waals surface area contributed by atoms with Gasteiger partial charge in [0.2, 0.25) is 0 Å². The molecule has 21 heavy (non-hydrogen) atoms. The molecule has 0 aliphatic heterocycles. The Labute approximate surface area is 133 Å². The molecule has 0 aliphatic rings. The zero-order valence-electron chi connectivity index (χ0n) is 10.7. The van der Waals surface area contributed by atoms with Crippen molar-refractivity contribution in [2.24, 2.45) is 0 Å². The number of aromatic nitrogens is 2. The summed E-state index contributed by atoms with van der Waals surface area (Å²) in [5.41, 5.74) is 6.57. The summed E-state index contributed by atoms with van der Waals surface area (Å²) in [4.78, 5) is 4.59. The second kappa shape index (κ2) is 5.41. The predicted molar refractivity (Wildman–Crippen MR) is 85.6 cm³/mol. The van der Waals surface area contributed by atoms with Crippen LogP contribution >= 0.6 is 27.3 Å². The second-order valence-electron chi connectivity index (χ2n) is 4.27. The number of nitrogens with two attached hydrogens (primary N) is 1. The van der Waals surface area contributed by atoms with Crippen LogP contribution in [0.2, 0.25) is 0 Å². The molecule has 0 atom stereocenters. The van der Waals surface area contributed by atoms with Gasteiger partial charge in [-0.3, -0.25) is 4.40 Å². The summed E-state index contributed by atoms with van der Waals surface area (Å²) >= 11 is 4.71. The Bertz CT molecular complexity index is 901. The number of nitrogen functional groups attached to an aromatic ring is 1. The average Bonchev–Trinajstić information content (AvgIpc) is 2.97. The van der Waals surface area contributed by atoms with Gasteiger partial charge in [-0.15, -0.1) is 11.3 Å². The number of sulfonamides is 1. The SMILES string of the molecule is Nc1nc2sccn2c1S(=O)(=O)NCc1ccccc1Br. The molecule has 3 aromatic rings. The molecule has 1 aromatic carbocycles. The van der Waals surface area contributed by atoms with E-state index in [9.17, 15) is 8.42 Å².